The normalized spacial score (nSPS) is 19.3. The standard InChI is InChI=1S/C9H16N4O2/c1-13(8-12-11-7(10)15-8)6-9(14)4-2-3-5-9/h14H,2-6H2,1H3,(H2,10,11). The number of nitrogens with two attached hydrogens (primary N) is 1. The maximum Gasteiger partial charge on any atom is 0.319 e. The lowest BCUT2D eigenvalue weighted by atomic mass is 10.0. The summed E-state index contributed by atoms with van der Waals surface area (Å²) in [6, 6.07) is 0.406. The van der Waals surface area contributed by atoms with Gasteiger partial charge in [0.2, 0.25) is 0 Å². The molecule has 0 spiro atoms. The molecule has 1 heterocycles. The van der Waals surface area contributed by atoms with Gasteiger partial charge in [0, 0.05) is 7.05 Å². The summed E-state index contributed by atoms with van der Waals surface area (Å²) in [5.41, 5.74) is 4.71. The minimum atomic E-state index is -0.613. The van der Waals surface area contributed by atoms with E-state index in [1.165, 1.54) is 0 Å². The van der Waals surface area contributed by atoms with Gasteiger partial charge < -0.3 is 20.2 Å². The minimum absolute atomic E-state index is 0.0512. The van der Waals surface area contributed by atoms with Crippen LogP contribution in [-0.4, -0.2) is 34.5 Å². The topological polar surface area (TPSA) is 88.4 Å². The summed E-state index contributed by atoms with van der Waals surface area (Å²) in [7, 11) is 1.81. The lowest BCUT2D eigenvalue weighted by Gasteiger charge is -2.27. The molecule has 0 atom stereocenters. The maximum absolute atomic E-state index is 10.2. The zero-order chi connectivity index (χ0) is 10.9. The Hall–Kier alpha value is -1.30. The summed E-state index contributed by atoms with van der Waals surface area (Å²) in [5.74, 6) is 0. The molecule has 1 aliphatic rings. The van der Waals surface area contributed by atoms with E-state index in [0.717, 1.165) is 25.7 Å². The molecule has 6 heteroatoms. The number of nitrogen functional groups attached to an aromatic ring is 1. The fraction of sp³-hybridized carbons (Fsp3) is 0.778. The summed E-state index contributed by atoms with van der Waals surface area (Å²) in [6.45, 7) is 0.509. The van der Waals surface area contributed by atoms with Crippen molar-refractivity contribution in [2.45, 2.75) is 31.3 Å². The second-order valence-corrected chi connectivity index (χ2v) is 4.21. The molecular formula is C9H16N4O2. The zero-order valence-corrected chi connectivity index (χ0v) is 8.81. The number of likely N-dealkylation sites (N-methyl/N-ethyl adjacent to an activating group) is 1. The first-order valence-corrected chi connectivity index (χ1v) is 5.12. The van der Waals surface area contributed by atoms with Crippen molar-refractivity contribution < 1.29 is 9.52 Å². The van der Waals surface area contributed by atoms with Gasteiger partial charge >= 0.3 is 12.0 Å². The van der Waals surface area contributed by atoms with E-state index in [4.69, 9.17) is 10.2 Å². The number of rotatable bonds is 3. The van der Waals surface area contributed by atoms with Crippen molar-refractivity contribution in [3.05, 3.63) is 0 Å². The molecule has 1 aromatic heterocycles. The molecule has 0 bridgehead atoms. The highest BCUT2D eigenvalue weighted by molar-refractivity contribution is 5.27. The second-order valence-electron chi connectivity index (χ2n) is 4.21. The highest BCUT2D eigenvalue weighted by atomic mass is 16.4. The SMILES string of the molecule is CN(CC1(O)CCCC1)c1nnc(N)o1. The van der Waals surface area contributed by atoms with Crippen molar-refractivity contribution in [1.29, 1.82) is 0 Å². The number of aliphatic hydroxyl groups is 1. The van der Waals surface area contributed by atoms with Crippen molar-refractivity contribution in [2.75, 3.05) is 24.2 Å². The van der Waals surface area contributed by atoms with E-state index < -0.39 is 5.60 Å². The molecule has 84 valence electrons. The molecule has 1 fully saturated rings. The zero-order valence-electron chi connectivity index (χ0n) is 8.81. The lowest BCUT2D eigenvalue weighted by Crippen LogP contribution is -2.39. The summed E-state index contributed by atoms with van der Waals surface area (Å²) in [6.07, 6.45) is 3.83. The molecule has 1 aromatic rings. The Morgan fingerprint density at radius 1 is 1.47 bits per heavy atom. The minimum Gasteiger partial charge on any atom is -0.390 e. The van der Waals surface area contributed by atoms with Crippen LogP contribution in [0.25, 0.3) is 0 Å². The van der Waals surface area contributed by atoms with Crippen LogP contribution in [0.1, 0.15) is 25.7 Å². The van der Waals surface area contributed by atoms with E-state index in [2.05, 4.69) is 10.2 Å². The van der Waals surface area contributed by atoms with Crippen molar-refractivity contribution in [2.24, 2.45) is 0 Å². The quantitative estimate of drug-likeness (QED) is 0.753. The van der Waals surface area contributed by atoms with Crippen LogP contribution in [0.15, 0.2) is 4.42 Å². The summed E-state index contributed by atoms with van der Waals surface area (Å²) >= 11 is 0. The Bertz CT molecular complexity index is 333. The molecule has 0 radical (unpaired) electrons. The number of anilines is 2. The summed E-state index contributed by atoms with van der Waals surface area (Å²) in [5, 5.41) is 17.5. The third kappa shape index (κ3) is 2.20. The van der Waals surface area contributed by atoms with Crippen LogP contribution in [0.4, 0.5) is 12.0 Å². The first-order valence-electron chi connectivity index (χ1n) is 5.12. The predicted molar refractivity (Wildman–Crippen MR) is 55.4 cm³/mol. The van der Waals surface area contributed by atoms with Gasteiger partial charge in [0.25, 0.3) is 0 Å². The monoisotopic (exact) mass is 212 g/mol. The van der Waals surface area contributed by atoms with Gasteiger partial charge in [-0.3, -0.25) is 0 Å². The van der Waals surface area contributed by atoms with Gasteiger partial charge in [-0.2, -0.15) is 0 Å². The third-order valence-corrected chi connectivity index (χ3v) is 2.82. The van der Waals surface area contributed by atoms with E-state index in [1.54, 1.807) is 4.90 Å². The molecule has 15 heavy (non-hydrogen) atoms. The highest BCUT2D eigenvalue weighted by Gasteiger charge is 2.33. The first kappa shape index (κ1) is 10.2. The Morgan fingerprint density at radius 2 is 2.13 bits per heavy atom. The molecule has 2 rings (SSSR count). The van der Waals surface area contributed by atoms with E-state index >= 15 is 0 Å². The number of aromatic nitrogens is 2. The van der Waals surface area contributed by atoms with Crippen LogP contribution in [-0.2, 0) is 0 Å². The Labute approximate surface area is 88.1 Å². The van der Waals surface area contributed by atoms with Gasteiger partial charge in [0.15, 0.2) is 0 Å². The molecule has 1 aliphatic carbocycles. The number of hydrogen-bond donors (Lipinski definition) is 2. The average molecular weight is 212 g/mol. The molecule has 0 saturated heterocycles. The second kappa shape index (κ2) is 3.69. The van der Waals surface area contributed by atoms with Crippen molar-refractivity contribution in [1.82, 2.24) is 10.2 Å². The van der Waals surface area contributed by atoms with Gasteiger partial charge in [-0.15, -0.1) is 0 Å². The van der Waals surface area contributed by atoms with Crippen molar-refractivity contribution in [3.8, 4) is 0 Å². The fourth-order valence-electron chi connectivity index (χ4n) is 2.08. The summed E-state index contributed by atoms with van der Waals surface area (Å²) in [4.78, 5) is 1.74. The van der Waals surface area contributed by atoms with E-state index in [-0.39, 0.29) is 6.01 Å². The van der Waals surface area contributed by atoms with Gasteiger partial charge in [-0.1, -0.05) is 23.0 Å². The predicted octanol–water partition coefficient (Wildman–Crippen LogP) is 0.393. The van der Waals surface area contributed by atoms with Gasteiger partial charge in [-0.05, 0) is 12.8 Å². The van der Waals surface area contributed by atoms with Crippen LogP contribution >= 0.6 is 0 Å². The molecule has 0 amide bonds. The van der Waals surface area contributed by atoms with E-state index in [9.17, 15) is 5.11 Å². The Balaban J connectivity index is 2.00. The molecule has 0 unspecified atom stereocenters. The smallest absolute Gasteiger partial charge is 0.319 e. The van der Waals surface area contributed by atoms with Gasteiger partial charge in [0.05, 0.1) is 12.1 Å². The first-order chi connectivity index (χ1) is 7.09. The largest absolute Gasteiger partial charge is 0.390 e. The van der Waals surface area contributed by atoms with Crippen LogP contribution in [0.5, 0.6) is 0 Å². The molecule has 6 nitrogen and oxygen atoms in total. The van der Waals surface area contributed by atoms with Crippen LogP contribution in [0.2, 0.25) is 0 Å². The lowest BCUT2D eigenvalue weighted by molar-refractivity contribution is 0.0550. The van der Waals surface area contributed by atoms with E-state index in [1.807, 2.05) is 7.05 Å². The Morgan fingerprint density at radius 3 is 2.67 bits per heavy atom. The van der Waals surface area contributed by atoms with Crippen molar-refractivity contribution >= 4 is 12.0 Å². The van der Waals surface area contributed by atoms with Crippen molar-refractivity contribution in [3.63, 3.8) is 0 Å². The Kier molecular flexibility index (Phi) is 2.52. The van der Waals surface area contributed by atoms with Gasteiger partial charge in [0.1, 0.15) is 0 Å². The summed E-state index contributed by atoms with van der Waals surface area (Å²) < 4.78 is 5.07. The van der Waals surface area contributed by atoms with E-state index in [0.29, 0.717) is 12.6 Å². The molecule has 0 aromatic carbocycles. The van der Waals surface area contributed by atoms with Crippen LogP contribution in [0, 0.1) is 0 Å². The molecular weight excluding hydrogens is 196 g/mol. The fourth-order valence-corrected chi connectivity index (χ4v) is 2.08. The van der Waals surface area contributed by atoms with Crippen LogP contribution < -0.4 is 10.6 Å². The number of nitrogens with zero attached hydrogens (tertiary/aromatic N) is 3. The van der Waals surface area contributed by atoms with Gasteiger partial charge in [-0.25, -0.2) is 0 Å². The maximum atomic E-state index is 10.2. The molecule has 0 aliphatic heterocycles. The highest BCUT2D eigenvalue weighted by Crippen LogP contribution is 2.30. The average Bonchev–Trinajstić information content (AvgIpc) is 2.75. The third-order valence-electron chi connectivity index (χ3n) is 2.82. The number of hydrogen-bond acceptors (Lipinski definition) is 6. The molecule has 3 N–H and O–H groups in total. The molecule has 1 saturated carbocycles. The van der Waals surface area contributed by atoms with Crippen LogP contribution in [0.3, 0.4) is 0 Å².